The van der Waals surface area contributed by atoms with Crippen LogP contribution in [0, 0.1) is 0 Å². The average Bonchev–Trinajstić information content (AvgIpc) is 2.85. The summed E-state index contributed by atoms with van der Waals surface area (Å²) >= 11 is 0. The molecule has 7 heteroatoms. The second kappa shape index (κ2) is 27.5. The van der Waals surface area contributed by atoms with E-state index < -0.39 is 22.3 Å². The lowest BCUT2D eigenvalue weighted by Gasteiger charge is -2.28. The number of hydrogen-bond acceptors (Lipinski definition) is 4. The Bertz CT molecular complexity index is 410. The first-order chi connectivity index (χ1) is 16.9. The topological polar surface area (TPSA) is 72.4 Å². The number of rotatable bonds is 21. The van der Waals surface area contributed by atoms with Gasteiger partial charge in [-0.15, -0.1) is 0 Å². The second-order valence-electron chi connectivity index (χ2n) is 11.0. The van der Waals surface area contributed by atoms with Crippen LogP contribution in [0.15, 0.2) is 0 Å². The van der Waals surface area contributed by atoms with Gasteiger partial charge >= 0.3 is 0 Å². The molecule has 4 nitrogen and oxygen atoms in total. The molecule has 0 aliphatic rings. The zero-order chi connectivity index (χ0) is 28.3. The average molecular weight is 573 g/mol. The zero-order valence-corrected chi connectivity index (χ0v) is 28.8. The monoisotopic (exact) mass is 572 g/mol. The van der Waals surface area contributed by atoms with Gasteiger partial charge in [0.05, 0.1) is 51.4 Å². The molecule has 222 valence electrons. The van der Waals surface area contributed by atoms with Gasteiger partial charge in [0, 0.05) is 27.9 Å². The van der Waals surface area contributed by atoms with Crippen LogP contribution in [0.5, 0.6) is 0 Å². The highest BCUT2D eigenvalue weighted by Gasteiger charge is 2.29. The molecule has 0 aliphatic heterocycles. The van der Waals surface area contributed by atoms with E-state index in [4.69, 9.17) is 0 Å². The van der Waals surface area contributed by atoms with E-state index in [1.165, 1.54) is 77.0 Å². The Morgan fingerprint density at radius 2 is 0.722 bits per heavy atom. The summed E-state index contributed by atoms with van der Waals surface area (Å²) < 4.78 is 13.5. The predicted octanol–water partition coefficient (Wildman–Crippen LogP) is 9.31. The van der Waals surface area contributed by atoms with Crippen LogP contribution in [-0.2, 0) is 9.09 Å². The van der Waals surface area contributed by atoms with Gasteiger partial charge in [0.2, 0.25) is 0 Å². The molecule has 0 saturated carbocycles. The maximum absolute atomic E-state index is 9.64. The molecule has 0 radical (unpaired) electrons. The van der Waals surface area contributed by atoms with Crippen molar-refractivity contribution >= 4 is 22.3 Å². The van der Waals surface area contributed by atoms with Crippen LogP contribution in [0.4, 0.5) is 0 Å². The lowest BCUT2D eigenvalue weighted by atomic mass is 10.4. The number of unbranched alkanes of at least 4 members (excludes halogenated alkanes) is 6. The molecule has 0 rings (SSSR count). The third-order valence-corrected chi connectivity index (χ3v) is 15.6. The van der Waals surface area contributed by atoms with Gasteiger partial charge in [-0.05, 0) is 44.9 Å². The Labute approximate surface area is 229 Å². The molecule has 0 spiro atoms. The molecule has 0 bridgehead atoms. The van der Waals surface area contributed by atoms with Gasteiger partial charge in [0.25, 0.3) is 0 Å². The van der Waals surface area contributed by atoms with Crippen LogP contribution in [0.2, 0.25) is 0 Å². The van der Waals surface area contributed by atoms with Crippen molar-refractivity contribution < 1.29 is 18.9 Å². The van der Waals surface area contributed by atoms with Gasteiger partial charge in [-0.3, -0.25) is 0 Å². The van der Waals surface area contributed by atoms with Gasteiger partial charge in [-0.2, -0.15) is 0 Å². The summed E-state index contributed by atoms with van der Waals surface area (Å²) in [6.07, 6.45) is 27.0. The molecule has 0 atom stereocenters. The summed E-state index contributed by atoms with van der Waals surface area (Å²) in [5.41, 5.74) is 0. The largest absolute Gasteiger partial charge is 0.790 e. The summed E-state index contributed by atoms with van der Waals surface area (Å²) in [5.74, 6) is 0. The summed E-state index contributed by atoms with van der Waals surface area (Å²) in [6.45, 7) is 20.9. The van der Waals surface area contributed by atoms with Gasteiger partial charge in [0.1, 0.15) is 0 Å². The van der Waals surface area contributed by atoms with E-state index in [0.29, 0.717) is 6.42 Å². The van der Waals surface area contributed by atoms with E-state index in [1.54, 1.807) is 43.9 Å². The number of hydrogen-bond donors (Lipinski definition) is 0. The third-order valence-electron chi connectivity index (χ3n) is 6.76. The Morgan fingerprint density at radius 1 is 0.500 bits per heavy atom. The van der Waals surface area contributed by atoms with Crippen LogP contribution in [-0.4, -0.2) is 56.9 Å². The molecule has 0 aromatic rings. The van der Waals surface area contributed by atoms with Gasteiger partial charge in [-0.25, -0.2) is 0 Å². The molecule has 0 aromatic heterocycles. The quantitative estimate of drug-likeness (QED) is 0.128. The maximum Gasteiger partial charge on any atom is 0.0596 e. The Kier molecular flexibility index (Phi) is 31.7. The highest BCUT2D eigenvalue weighted by Crippen LogP contribution is 2.57. The lowest BCUT2D eigenvalue weighted by Crippen LogP contribution is -2.16. The summed E-state index contributed by atoms with van der Waals surface area (Å²) in [5, 5.41) is 0. The zero-order valence-electron chi connectivity index (χ0n) is 26.1. The van der Waals surface area contributed by atoms with E-state index in [1.807, 2.05) is 0 Å². The Balaban J connectivity index is -0.000000472. The molecule has 0 aliphatic carbocycles. The number of phosphoric acid groups is 1. The smallest absolute Gasteiger partial charge is 0.0596 e. The SMILES string of the molecule is CCCC[P+](C)(CCCC)CCCC.CCCC[P+](C)(CCCC)CCCC.CCCOP(=O)([O-])[O-]. The molecule has 0 aromatic carbocycles. The predicted molar refractivity (Wildman–Crippen MR) is 168 cm³/mol. The molecule has 0 unspecified atom stereocenters. The first-order valence-electron chi connectivity index (χ1n) is 15.3. The highest BCUT2D eigenvalue weighted by atomic mass is 31.2. The van der Waals surface area contributed by atoms with Crippen LogP contribution in [0.25, 0.3) is 0 Å². The van der Waals surface area contributed by atoms with Crippen molar-refractivity contribution in [3.63, 3.8) is 0 Å². The summed E-state index contributed by atoms with van der Waals surface area (Å²) in [6, 6.07) is 0. The highest BCUT2D eigenvalue weighted by molar-refractivity contribution is 7.75. The van der Waals surface area contributed by atoms with E-state index in [9.17, 15) is 14.4 Å². The fourth-order valence-corrected chi connectivity index (χ4v) is 12.3. The van der Waals surface area contributed by atoms with Gasteiger partial charge in [-0.1, -0.05) is 87.0 Å². The van der Waals surface area contributed by atoms with Crippen LogP contribution < -0.4 is 9.79 Å². The van der Waals surface area contributed by atoms with Crippen molar-refractivity contribution in [2.75, 3.05) is 56.9 Å². The standard InChI is InChI=1S/2C13H30P.C3H9O4P/c2*1-5-8-11-14(4,12-9-6-2)13-10-7-3;1-2-3-7-8(4,5)6/h2*5-13H2,1-4H3;2-3H2,1H3,(H2,4,5,6)/q2*+1;/p-2. The van der Waals surface area contributed by atoms with E-state index in [2.05, 4.69) is 59.4 Å². The molecule has 0 heterocycles. The van der Waals surface area contributed by atoms with Crippen LogP contribution in [0.3, 0.4) is 0 Å². The fraction of sp³-hybridized carbons (Fsp3) is 1.00. The normalized spacial score (nSPS) is 12.0. The van der Waals surface area contributed by atoms with E-state index in [0.717, 1.165) is 0 Å². The first-order valence-corrected chi connectivity index (χ1v) is 22.3. The van der Waals surface area contributed by atoms with Gasteiger partial charge in [0.15, 0.2) is 0 Å². The van der Waals surface area contributed by atoms with Crippen molar-refractivity contribution in [3.8, 4) is 0 Å². The maximum atomic E-state index is 9.64. The minimum absolute atomic E-state index is 0.00965. The molecule has 0 amide bonds. The molecule has 0 fully saturated rings. The first kappa shape index (κ1) is 41.5. The Hall–Kier alpha value is 0.970. The molecule has 36 heavy (non-hydrogen) atoms. The van der Waals surface area contributed by atoms with Crippen molar-refractivity contribution in [1.29, 1.82) is 0 Å². The van der Waals surface area contributed by atoms with Crippen molar-refractivity contribution in [3.05, 3.63) is 0 Å². The fourth-order valence-electron chi connectivity index (χ4n) is 4.11. The minimum Gasteiger partial charge on any atom is -0.790 e. The second-order valence-corrected chi connectivity index (χ2v) is 21.3. The van der Waals surface area contributed by atoms with Crippen molar-refractivity contribution in [2.24, 2.45) is 0 Å². The van der Waals surface area contributed by atoms with Crippen molar-refractivity contribution in [2.45, 2.75) is 132 Å². The molecule has 0 saturated heterocycles. The van der Waals surface area contributed by atoms with E-state index >= 15 is 0 Å². The van der Waals surface area contributed by atoms with Gasteiger partial charge < -0.3 is 18.9 Å². The third kappa shape index (κ3) is 31.2. The number of phosphoric ester groups is 1. The Morgan fingerprint density at radius 3 is 0.833 bits per heavy atom. The molecular weight excluding hydrogens is 505 g/mol. The van der Waals surface area contributed by atoms with Crippen molar-refractivity contribution in [1.82, 2.24) is 0 Å². The summed E-state index contributed by atoms with van der Waals surface area (Å²) in [4.78, 5) is 19.3. The van der Waals surface area contributed by atoms with E-state index in [-0.39, 0.29) is 6.61 Å². The minimum atomic E-state index is -4.68. The summed E-state index contributed by atoms with van der Waals surface area (Å²) in [7, 11) is -5.72. The lowest BCUT2D eigenvalue weighted by molar-refractivity contribution is -0.341. The van der Waals surface area contributed by atoms with Crippen LogP contribution in [0.1, 0.15) is 132 Å². The van der Waals surface area contributed by atoms with Crippen LogP contribution >= 0.6 is 22.3 Å². The molecular formula is C29H67O4P3. The molecule has 0 N–H and O–H groups in total.